The number of hydrogen-bond acceptors (Lipinski definition) is 2. The number of halogens is 4. The fourth-order valence-electron chi connectivity index (χ4n) is 0.676. The molecule has 0 amide bonds. The Bertz CT molecular complexity index is 305. The fourth-order valence-corrected chi connectivity index (χ4v) is 1.14. The van der Waals surface area contributed by atoms with Gasteiger partial charge in [-0.25, -0.2) is 13.8 Å². The summed E-state index contributed by atoms with van der Waals surface area (Å²) in [5.74, 6) is -2.41. The van der Waals surface area contributed by atoms with Crippen LogP contribution in [0, 0.1) is 5.95 Å². The van der Waals surface area contributed by atoms with Gasteiger partial charge < -0.3 is 5.11 Å². The van der Waals surface area contributed by atoms with Crippen LogP contribution in [0.15, 0.2) is 10.7 Å². The number of hydrogen-bond donors (Lipinski definition) is 1. The average Bonchev–Trinajstić information content (AvgIpc) is 1.97. The molecule has 66 valence electrons. The van der Waals surface area contributed by atoms with Gasteiger partial charge in [-0.1, -0.05) is 0 Å². The lowest BCUT2D eigenvalue weighted by Gasteiger charge is -2.04. The van der Waals surface area contributed by atoms with Crippen molar-refractivity contribution in [1.29, 1.82) is 0 Å². The SMILES string of the molecule is Oc1c(F)ncc(Br)c1C(F)F. The Morgan fingerprint density at radius 1 is 1.50 bits per heavy atom. The molecule has 2 nitrogen and oxygen atoms in total. The average molecular weight is 242 g/mol. The van der Waals surface area contributed by atoms with Crippen LogP contribution in [-0.2, 0) is 0 Å². The third-order valence-corrected chi connectivity index (χ3v) is 1.85. The van der Waals surface area contributed by atoms with Crippen molar-refractivity contribution >= 4 is 15.9 Å². The Labute approximate surface area is 74.2 Å². The molecular formula is C6H3BrF3NO. The van der Waals surface area contributed by atoms with Crippen molar-refractivity contribution in [3.63, 3.8) is 0 Å². The van der Waals surface area contributed by atoms with Gasteiger partial charge in [-0.05, 0) is 15.9 Å². The zero-order valence-electron chi connectivity index (χ0n) is 5.56. The van der Waals surface area contributed by atoms with Gasteiger partial charge in [-0.3, -0.25) is 0 Å². The second kappa shape index (κ2) is 3.30. The summed E-state index contributed by atoms with van der Waals surface area (Å²) in [5, 5.41) is 8.80. The zero-order chi connectivity index (χ0) is 9.30. The van der Waals surface area contributed by atoms with E-state index in [1.165, 1.54) is 0 Å². The minimum absolute atomic E-state index is 0.114. The maximum absolute atomic E-state index is 12.4. The largest absolute Gasteiger partial charge is 0.503 e. The summed E-state index contributed by atoms with van der Waals surface area (Å²) >= 11 is 2.71. The van der Waals surface area contributed by atoms with Crippen LogP contribution in [-0.4, -0.2) is 10.1 Å². The second-order valence-corrected chi connectivity index (χ2v) is 2.81. The molecule has 0 radical (unpaired) electrons. The molecule has 6 heteroatoms. The van der Waals surface area contributed by atoms with E-state index in [2.05, 4.69) is 20.9 Å². The summed E-state index contributed by atoms with van der Waals surface area (Å²) in [6, 6.07) is 0. The molecule has 0 saturated carbocycles. The molecule has 0 aromatic carbocycles. The van der Waals surface area contributed by atoms with Crippen molar-refractivity contribution in [2.24, 2.45) is 0 Å². The molecule has 0 saturated heterocycles. The summed E-state index contributed by atoms with van der Waals surface area (Å²) in [4.78, 5) is 3.02. The van der Waals surface area contributed by atoms with Gasteiger partial charge in [0.2, 0.25) is 0 Å². The van der Waals surface area contributed by atoms with Crippen molar-refractivity contribution in [3.8, 4) is 5.75 Å². The van der Waals surface area contributed by atoms with Crippen LogP contribution in [0.4, 0.5) is 13.2 Å². The first-order valence-corrected chi connectivity index (χ1v) is 3.64. The quantitative estimate of drug-likeness (QED) is 0.768. The van der Waals surface area contributed by atoms with Gasteiger partial charge in [0, 0.05) is 10.7 Å². The standard InChI is InChI=1S/C6H3BrF3NO/c7-2-1-11-6(10)4(12)3(2)5(8)9/h1,5,12H. The van der Waals surface area contributed by atoms with E-state index in [9.17, 15) is 13.2 Å². The van der Waals surface area contributed by atoms with Crippen LogP contribution < -0.4 is 0 Å². The molecule has 0 aliphatic rings. The zero-order valence-corrected chi connectivity index (χ0v) is 7.15. The summed E-state index contributed by atoms with van der Waals surface area (Å²) in [5.41, 5.74) is -0.775. The highest BCUT2D eigenvalue weighted by molar-refractivity contribution is 9.10. The third-order valence-electron chi connectivity index (χ3n) is 1.22. The Morgan fingerprint density at radius 2 is 2.08 bits per heavy atom. The first-order chi connectivity index (χ1) is 5.54. The van der Waals surface area contributed by atoms with E-state index in [0.717, 1.165) is 6.20 Å². The number of nitrogens with zero attached hydrogens (tertiary/aromatic N) is 1. The molecule has 1 N–H and O–H groups in total. The molecule has 0 atom stereocenters. The normalized spacial score (nSPS) is 10.8. The van der Waals surface area contributed by atoms with Crippen molar-refractivity contribution in [3.05, 3.63) is 22.2 Å². The third kappa shape index (κ3) is 1.52. The Kier molecular flexibility index (Phi) is 2.56. The molecule has 0 unspecified atom stereocenters. The molecule has 0 aliphatic heterocycles. The van der Waals surface area contributed by atoms with E-state index < -0.39 is 23.7 Å². The van der Waals surface area contributed by atoms with E-state index in [0.29, 0.717) is 0 Å². The minimum atomic E-state index is -2.93. The van der Waals surface area contributed by atoms with Gasteiger partial charge in [-0.15, -0.1) is 0 Å². The van der Waals surface area contributed by atoms with E-state index in [1.807, 2.05) is 0 Å². The number of rotatable bonds is 1. The smallest absolute Gasteiger partial charge is 0.268 e. The van der Waals surface area contributed by atoms with Crippen LogP contribution in [0.1, 0.15) is 12.0 Å². The Morgan fingerprint density at radius 3 is 2.50 bits per heavy atom. The van der Waals surface area contributed by atoms with Gasteiger partial charge >= 0.3 is 0 Å². The molecule has 1 rings (SSSR count). The van der Waals surface area contributed by atoms with Gasteiger partial charge in [0.05, 0.1) is 5.56 Å². The monoisotopic (exact) mass is 241 g/mol. The Balaban J connectivity index is 3.33. The molecule has 12 heavy (non-hydrogen) atoms. The maximum Gasteiger partial charge on any atom is 0.268 e. The van der Waals surface area contributed by atoms with E-state index >= 15 is 0 Å². The summed E-state index contributed by atoms with van der Waals surface area (Å²) in [6.45, 7) is 0. The highest BCUT2D eigenvalue weighted by atomic mass is 79.9. The van der Waals surface area contributed by atoms with Gasteiger partial charge in [0.15, 0.2) is 5.75 Å². The van der Waals surface area contributed by atoms with Crippen molar-refractivity contribution in [2.45, 2.75) is 6.43 Å². The predicted octanol–water partition coefficient (Wildman–Crippen LogP) is 2.63. The highest BCUT2D eigenvalue weighted by Crippen LogP contribution is 2.34. The van der Waals surface area contributed by atoms with Gasteiger partial charge in [0.25, 0.3) is 12.4 Å². The Hall–Kier alpha value is -0.780. The van der Waals surface area contributed by atoms with Crippen molar-refractivity contribution in [1.82, 2.24) is 4.98 Å². The van der Waals surface area contributed by atoms with Crippen LogP contribution in [0.25, 0.3) is 0 Å². The molecule has 0 spiro atoms. The van der Waals surface area contributed by atoms with Gasteiger partial charge in [-0.2, -0.15) is 4.39 Å². The number of aromatic nitrogens is 1. The summed E-state index contributed by atoms with van der Waals surface area (Å²) in [6.07, 6.45) is -2.06. The fraction of sp³-hybridized carbons (Fsp3) is 0.167. The first kappa shape index (κ1) is 9.31. The molecule has 0 fully saturated rings. The number of alkyl halides is 2. The lowest BCUT2D eigenvalue weighted by molar-refractivity contribution is 0.145. The lowest BCUT2D eigenvalue weighted by atomic mass is 10.2. The topological polar surface area (TPSA) is 33.1 Å². The second-order valence-electron chi connectivity index (χ2n) is 1.96. The molecule has 0 bridgehead atoms. The summed E-state index contributed by atoms with van der Waals surface area (Å²) in [7, 11) is 0. The first-order valence-electron chi connectivity index (χ1n) is 2.85. The molecule has 0 aliphatic carbocycles. The summed E-state index contributed by atoms with van der Waals surface area (Å²) < 4.78 is 36.5. The van der Waals surface area contributed by atoms with E-state index in [4.69, 9.17) is 5.11 Å². The van der Waals surface area contributed by atoms with Crippen LogP contribution in [0.5, 0.6) is 5.75 Å². The molecular weight excluding hydrogens is 239 g/mol. The van der Waals surface area contributed by atoms with Crippen molar-refractivity contribution < 1.29 is 18.3 Å². The molecule has 1 aromatic heterocycles. The lowest BCUT2D eigenvalue weighted by Crippen LogP contribution is -1.93. The minimum Gasteiger partial charge on any atom is -0.503 e. The van der Waals surface area contributed by atoms with Gasteiger partial charge in [0.1, 0.15) is 0 Å². The highest BCUT2D eigenvalue weighted by Gasteiger charge is 2.20. The number of aromatic hydroxyl groups is 1. The van der Waals surface area contributed by atoms with E-state index in [-0.39, 0.29) is 4.47 Å². The van der Waals surface area contributed by atoms with Crippen molar-refractivity contribution in [2.75, 3.05) is 0 Å². The number of pyridine rings is 1. The predicted molar refractivity (Wildman–Crippen MR) is 38.5 cm³/mol. The molecule has 1 aromatic rings. The van der Waals surface area contributed by atoms with E-state index in [1.54, 1.807) is 0 Å². The van der Waals surface area contributed by atoms with Crippen LogP contribution in [0.3, 0.4) is 0 Å². The molecule has 1 heterocycles. The van der Waals surface area contributed by atoms with Crippen LogP contribution in [0.2, 0.25) is 0 Å². The maximum atomic E-state index is 12.4. The van der Waals surface area contributed by atoms with Crippen LogP contribution >= 0.6 is 15.9 Å².